The highest BCUT2D eigenvalue weighted by atomic mass is 15.1. The Bertz CT molecular complexity index is 1010. The van der Waals surface area contributed by atoms with Crippen LogP contribution in [0.1, 0.15) is 16.8 Å². The van der Waals surface area contributed by atoms with Gasteiger partial charge in [-0.05, 0) is 43.0 Å². The van der Waals surface area contributed by atoms with E-state index >= 15 is 0 Å². The Hall–Kier alpha value is -2.69. The molecule has 5 rings (SSSR count). The minimum absolute atomic E-state index is 1.04. The third-order valence-electron chi connectivity index (χ3n) is 4.50. The zero-order chi connectivity index (χ0) is 14.0. The highest BCUT2D eigenvalue weighted by molar-refractivity contribution is 6.08. The average molecular weight is 275 g/mol. The van der Waals surface area contributed by atoms with E-state index in [9.17, 15) is 0 Å². The first-order chi connectivity index (χ1) is 10.3. The van der Waals surface area contributed by atoms with E-state index in [0.29, 0.717) is 0 Å². The molecule has 0 radical (unpaired) electrons. The first-order valence-electron chi connectivity index (χ1n) is 7.11. The molecule has 3 heterocycles. The molecule has 102 valence electrons. The van der Waals surface area contributed by atoms with Gasteiger partial charge in [0, 0.05) is 22.0 Å². The first-order valence-corrected chi connectivity index (χ1v) is 7.11. The Balaban J connectivity index is 1.93. The Morgan fingerprint density at radius 3 is 2.62 bits per heavy atom. The topological polar surface area (TPSA) is 70.2 Å². The lowest BCUT2D eigenvalue weighted by Gasteiger charge is -2.24. The van der Waals surface area contributed by atoms with Gasteiger partial charge in [0.15, 0.2) is 0 Å². The maximum Gasteiger partial charge on any atom is 0.0778 e. The predicted octanol–water partition coefficient (Wildman–Crippen LogP) is 2.91. The molecule has 0 spiro atoms. The highest BCUT2D eigenvalue weighted by Gasteiger charge is 2.25. The molecule has 1 aromatic carbocycles. The second-order valence-electron chi connectivity index (χ2n) is 5.62. The lowest BCUT2D eigenvalue weighted by Crippen LogP contribution is -2.13. The lowest BCUT2D eigenvalue weighted by atomic mass is 9.82. The zero-order valence-corrected chi connectivity index (χ0v) is 11.6. The van der Waals surface area contributed by atoms with E-state index in [-0.39, 0.29) is 0 Å². The van der Waals surface area contributed by atoms with Crippen LogP contribution < -0.4 is 0 Å². The predicted molar refractivity (Wildman–Crippen MR) is 81.1 cm³/mol. The molecule has 0 unspecified atom stereocenters. The fourth-order valence-electron chi connectivity index (χ4n) is 3.33. The molecule has 0 fully saturated rings. The molecule has 0 saturated carbocycles. The van der Waals surface area contributed by atoms with Gasteiger partial charge >= 0.3 is 0 Å². The third kappa shape index (κ3) is 1.33. The van der Waals surface area contributed by atoms with Crippen LogP contribution >= 0.6 is 0 Å². The van der Waals surface area contributed by atoms with Gasteiger partial charge in [-0.3, -0.25) is 10.2 Å². The fourth-order valence-corrected chi connectivity index (χ4v) is 3.33. The molecule has 0 bridgehead atoms. The number of aryl methyl sites for hydroxylation is 2. The van der Waals surface area contributed by atoms with Crippen molar-refractivity contribution in [1.29, 1.82) is 0 Å². The molecule has 4 aromatic rings. The Morgan fingerprint density at radius 1 is 1.00 bits per heavy atom. The molecule has 0 amide bonds. The summed E-state index contributed by atoms with van der Waals surface area (Å²) in [7, 11) is 0. The normalized spacial score (nSPS) is 13.6. The van der Waals surface area contributed by atoms with Crippen molar-refractivity contribution < 1.29 is 0 Å². The number of nitrogens with zero attached hydrogens (tertiary/aromatic N) is 3. The third-order valence-corrected chi connectivity index (χ3v) is 4.50. The monoisotopic (exact) mass is 275 g/mol. The number of aromatic nitrogens is 5. The summed E-state index contributed by atoms with van der Waals surface area (Å²) in [5.41, 5.74) is 8.16. The van der Waals surface area contributed by atoms with Crippen LogP contribution in [0.4, 0.5) is 0 Å². The molecular weight excluding hydrogens is 262 g/mol. The summed E-state index contributed by atoms with van der Waals surface area (Å²) in [5, 5.41) is 16.8. The minimum atomic E-state index is 1.04. The lowest BCUT2D eigenvalue weighted by molar-refractivity contribution is 0.847. The Morgan fingerprint density at radius 2 is 1.86 bits per heavy atom. The molecule has 2 N–H and O–H groups in total. The van der Waals surface area contributed by atoms with Crippen molar-refractivity contribution in [3.8, 4) is 11.3 Å². The molecule has 0 atom stereocenters. The number of fused-ring (bicyclic) bond motifs is 5. The van der Waals surface area contributed by atoms with Gasteiger partial charge in [-0.15, -0.1) is 0 Å². The number of H-pyrrole nitrogens is 2. The number of pyridine rings is 1. The second kappa shape index (κ2) is 3.69. The Labute approximate surface area is 120 Å². The largest absolute Gasteiger partial charge is 0.282 e. The smallest absolute Gasteiger partial charge is 0.0778 e. The van der Waals surface area contributed by atoms with Gasteiger partial charge < -0.3 is 0 Å². The summed E-state index contributed by atoms with van der Waals surface area (Å²) in [4.78, 5) is 4.92. The minimum Gasteiger partial charge on any atom is -0.282 e. The second-order valence-corrected chi connectivity index (χ2v) is 5.62. The maximum absolute atomic E-state index is 4.92. The van der Waals surface area contributed by atoms with Crippen LogP contribution in [0.15, 0.2) is 24.5 Å². The number of benzene rings is 1. The first kappa shape index (κ1) is 11.0. The summed E-state index contributed by atoms with van der Waals surface area (Å²) < 4.78 is 0. The van der Waals surface area contributed by atoms with Gasteiger partial charge in [-0.2, -0.15) is 10.2 Å². The van der Waals surface area contributed by atoms with Gasteiger partial charge in [0.05, 0.1) is 29.1 Å². The summed E-state index contributed by atoms with van der Waals surface area (Å²) in [6.45, 7) is 2.04. The average Bonchev–Trinajstić information content (AvgIpc) is 3.06. The van der Waals surface area contributed by atoms with Crippen molar-refractivity contribution in [2.45, 2.75) is 19.8 Å². The molecule has 3 aromatic heterocycles. The van der Waals surface area contributed by atoms with Gasteiger partial charge in [0.2, 0.25) is 0 Å². The molecule has 21 heavy (non-hydrogen) atoms. The number of hydrogen-bond donors (Lipinski definition) is 2. The van der Waals surface area contributed by atoms with Crippen molar-refractivity contribution in [1.82, 2.24) is 25.4 Å². The van der Waals surface area contributed by atoms with Crippen LogP contribution in [0, 0.1) is 6.92 Å². The van der Waals surface area contributed by atoms with Crippen LogP contribution in [-0.2, 0) is 12.8 Å². The van der Waals surface area contributed by atoms with Crippen LogP contribution in [0.2, 0.25) is 0 Å². The van der Waals surface area contributed by atoms with E-state index in [1.807, 2.05) is 19.3 Å². The highest BCUT2D eigenvalue weighted by Crippen LogP contribution is 2.40. The van der Waals surface area contributed by atoms with Crippen LogP contribution in [0.3, 0.4) is 0 Å². The number of hydrogen-bond acceptors (Lipinski definition) is 3. The summed E-state index contributed by atoms with van der Waals surface area (Å²) >= 11 is 0. The summed E-state index contributed by atoms with van der Waals surface area (Å²) in [5.74, 6) is 0. The van der Waals surface area contributed by atoms with E-state index < -0.39 is 0 Å². The standard InChI is InChI=1S/C16H13N5/c1-8-11(6-17-20-8)16-10-3-2-9(10)15-12-7-18-21-13(12)4-5-14(15)19-16/h4-7H,2-3H2,1H3,(H,17,20)(H,18,21). The van der Waals surface area contributed by atoms with Crippen molar-refractivity contribution in [2.24, 2.45) is 0 Å². The number of nitrogens with one attached hydrogen (secondary N) is 2. The van der Waals surface area contributed by atoms with Gasteiger partial charge in [0.1, 0.15) is 0 Å². The van der Waals surface area contributed by atoms with Crippen LogP contribution in [0.25, 0.3) is 33.1 Å². The van der Waals surface area contributed by atoms with E-state index in [1.54, 1.807) is 0 Å². The van der Waals surface area contributed by atoms with E-state index in [2.05, 4.69) is 32.5 Å². The van der Waals surface area contributed by atoms with E-state index in [0.717, 1.165) is 40.8 Å². The summed E-state index contributed by atoms with van der Waals surface area (Å²) in [6, 6.07) is 4.13. The van der Waals surface area contributed by atoms with Crippen molar-refractivity contribution in [3.63, 3.8) is 0 Å². The van der Waals surface area contributed by atoms with Crippen molar-refractivity contribution >= 4 is 21.8 Å². The quantitative estimate of drug-likeness (QED) is 0.561. The van der Waals surface area contributed by atoms with Crippen molar-refractivity contribution in [2.75, 3.05) is 0 Å². The molecule has 1 aliphatic rings. The molecule has 5 heteroatoms. The molecular formula is C16H13N5. The van der Waals surface area contributed by atoms with Crippen LogP contribution in [0.5, 0.6) is 0 Å². The van der Waals surface area contributed by atoms with Gasteiger partial charge in [-0.25, -0.2) is 4.98 Å². The van der Waals surface area contributed by atoms with E-state index in [4.69, 9.17) is 4.98 Å². The summed E-state index contributed by atoms with van der Waals surface area (Å²) in [6.07, 6.45) is 5.98. The number of aromatic amines is 2. The zero-order valence-electron chi connectivity index (χ0n) is 11.6. The van der Waals surface area contributed by atoms with Gasteiger partial charge in [0.25, 0.3) is 0 Å². The van der Waals surface area contributed by atoms with E-state index in [1.165, 1.54) is 21.9 Å². The molecule has 0 saturated heterocycles. The maximum atomic E-state index is 4.92. The van der Waals surface area contributed by atoms with Gasteiger partial charge in [-0.1, -0.05) is 0 Å². The molecule has 0 aliphatic heterocycles. The SMILES string of the molecule is Cc1[nH]ncc1-c1nc2ccc3[nH]ncc3c2c2c1CC2. The van der Waals surface area contributed by atoms with Crippen molar-refractivity contribution in [3.05, 3.63) is 41.3 Å². The molecule has 1 aliphatic carbocycles. The fraction of sp³-hybridized carbons (Fsp3) is 0.188. The Kier molecular flexibility index (Phi) is 1.94. The number of rotatable bonds is 1. The van der Waals surface area contributed by atoms with Crippen LogP contribution in [-0.4, -0.2) is 25.4 Å². The molecule has 5 nitrogen and oxygen atoms in total.